The zero-order valence-corrected chi connectivity index (χ0v) is 22.1. The van der Waals surface area contributed by atoms with Gasteiger partial charge in [0.05, 0.1) is 0 Å². The number of benzene rings is 1. The molecule has 0 spiro atoms. The van der Waals surface area contributed by atoms with Gasteiger partial charge in [0.2, 0.25) is 5.91 Å². The highest BCUT2D eigenvalue weighted by molar-refractivity contribution is 5.79. The number of anilines is 1. The number of hydrogen-bond donors (Lipinski definition) is 0. The Labute approximate surface area is 217 Å². The molecule has 2 aliphatic heterocycles. The summed E-state index contributed by atoms with van der Waals surface area (Å²) in [6.45, 7) is 8.50. The molecule has 1 aromatic heterocycles. The van der Waals surface area contributed by atoms with Crippen LogP contribution in [0, 0.1) is 11.8 Å². The summed E-state index contributed by atoms with van der Waals surface area (Å²) < 4.78 is 0. The van der Waals surface area contributed by atoms with Gasteiger partial charge in [0, 0.05) is 63.3 Å². The lowest BCUT2D eigenvalue weighted by Gasteiger charge is -2.40. The molecule has 36 heavy (non-hydrogen) atoms. The van der Waals surface area contributed by atoms with Crippen LogP contribution >= 0.6 is 0 Å². The summed E-state index contributed by atoms with van der Waals surface area (Å²) in [5.41, 5.74) is 1.40. The van der Waals surface area contributed by atoms with Gasteiger partial charge in [-0.2, -0.15) is 0 Å². The molecule has 0 radical (unpaired) electrons. The molecular weight excluding hydrogens is 444 g/mol. The molecule has 3 aliphatic rings. The number of piperidine rings is 1. The molecule has 1 amide bonds. The predicted octanol–water partition coefficient (Wildman–Crippen LogP) is 5.58. The van der Waals surface area contributed by atoms with Crippen molar-refractivity contribution >= 4 is 11.7 Å². The first-order valence-corrected chi connectivity index (χ1v) is 14.5. The number of carbonyl (C=O) groups is 1. The lowest BCUT2D eigenvalue weighted by molar-refractivity contribution is -0.135. The van der Waals surface area contributed by atoms with Gasteiger partial charge in [0.1, 0.15) is 5.82 Å². The minimum absolute atomic E-state index is 0.265. The van der Waals surface area contributed by atoms with E-state index in [1.165, 1.54) is 37.7 Å². The molecule has 0 N–H and O–H groups in total. The van der Waals surface area contributed by atoms with E-state index >= 15 is 0 Å². The van der Waals surface area contributed by atoms with Gasteiger partial charge in [-0.25, -0.2) is 4.98 Å². The maximum atomic E-state index is 13.4. The van der Waals surface area contributed by atoms with E-state index < -0.39 is 0 Å². The molecule has 3 heterocycles. The normalized spacial score (nSPS) is 24.2. The molecule has 5 nitrogen and oxygen atoms in total. The second-order valence-electron chi connectivity index (χ2n) is 11.3. The fraction of sp³-hybridized carbons (Fsp3) is 0.613. The largest absolute Gasteiger partial charge is 0.354 e. The number of pyridine rings is 1. The van der Waals surface area contributed by atoms with Crippen LogP contribution in [0.1, 0.15) is 69.8 Å². The van der Waals surface area contributed by atoms with E-state index in [1.54, 1.807) is 0 Å². The van der Waals surface area contributed by atoms with Gasteiger partial charge >= 0.3 is 0 Å². The molecule has 1 saturated carbocycles. The van der Waals surface area contributed by atoms with Gasteiger partial charge in [0.15, 0.2) is 0 Å². The summed E-state index contributed by atoms with van der Waals surface area (Å²) in [4.78, 5) is 25.5. The monoisotopic (exact) mass is 488 g/mol. The molecule has 1 aliphatic carbocycles. The number of likely N-dealkylation sites (tertiary alicyclic amines) is 2. The molecule has 0 unspecified atom stereocenters. The van der Waals surface area contributed by atoms with Gasteiger partial charge in [-0.1, -0.05) is 62.6 Å². The molecule has 0 bridgehead atoms. The standard InChI is InChI=1S/C31H44N4O/c1-2-19-35(30-15-9-10-18-32-30)28-16-20-33(21-17-28)22-27-23-34(31(36)26-13-7-4-8-14-26)24-29(27)25-11-5-3-6-12-25/h3,5-6,9-12,15,18,26-29H,2,4,7-8,13-14,16-17,19-24H2,1H3/t27-,29+/m0/s1. The van der Waals surface area contributed by atoms with Crippen molar-refractivity contribution in [1.82, 2.24) is 14.8 Å². The summed E-state index contributed by atoms with van der Waals surface area (Å²) >= 11 is 0. The number of nitrogens with zero attached hydrogens (tertiary/aromatic N) is 4. The molecule has 5 heteroatoms. The Bertz CT molecular complexity index is 938. The topological polar surface area (TPSA) is 39.7 Å². The Morgan fingerprint density at radius 2 is 1.69 bits per heavy atom. The van der Waals surface area contributed by atoms with Crippen LogP contribution in [0.25, 0.3) is 0 Å². The fourth-order valence-corrected chi connectivity index (χ4v) is 6.92. The highest BCUT2D eigenvalue weighted by Crippen LogP contribution is 2.36. The maximum Gasteiger partial charge on any atom is 0.225 e. The lowest BCUT2D eigenvalue weighted by atomic mass is 9.88. The number of carbonyl (C=O) groups excluding carboxylic acids is 1. The second kappa shape index (κ2) is 12.2. The van der Waals surface area contributed by atoms with Crippen LogP contribution in [0.2, 0.25) is 0 Å². The number of hydrogen-bond acceptors (Lipinski definition) is 4. The van der Waals surface area contributed by atoms with E-state index in [0.717, 1.165) is 64.3 Å². The van der Waals surface area contributed by atoms with Crippen LogP contribution in [-0.2, 0) is 4.79 Å². The third kappa shape index (κ3) is 5.94. The van der Waals surface area contributed by atoms with Crippen molar-refractivity contribution in [3.8, 4) is 0 Å². The summed E-state index contributed by atoms with van der Waals surface area (Å²) in [7, 11) is 0. The van der Waals surface area contributed by atoms with E-state index in [4.69, 9.17) is 0 Å². The summed E-state index contributed by atoms with van der Waals surface area (Å²) in [6.07, 6.45) is 11.3. The first kappa shape index (κ1) is 25.3. The molecule has 2 saturated heterocycles. The van der Waals surface area contributed by atoms with Crippen LogP contribution < -0.4 is 4.90 Å². The van der Waals surface area contributed by atoms with Gasteiger partial charge in [0.25, 0.3) is 0 Å². The Hall–Kier alpha value is -2.40. The molecule has 194 valence electrons. The minimum Gasteiger partial charge on any atom is -0.354 e. The van der Waals surface area contributed by atoms with Gasteiger partial charge in [-0.3, -0.25) is 4.79 Å². The van der Waals surface area contributed by atoms with E-state index in [9.17, 15) is 4.79 Å². The summed E-state index contributed by atoms with van der Waals surface area (Å²) in [5.74, 6) is 2.78. The van der Waals surface area contributed by atoms with E-state index in [-0.39, 0.29) is 5.92 Å². The zero-order chi connectivity index (χ0) is 24.7. The smallest absolute Gasteiger partial charge is 0.225 e. The van der Waals surface area contributed by atoms with Crippen LogP contribution in [0.15, 0.2) is 54.7 Å². The van der Waals surface area contributed by atoms with Crippen molar-refractivity contribution in [2.24, 2.45) is 11.8 Å². The number of rotatable bonds is 8. The summed E-state index contributed by atoms with van der Waals surface area (Å²) in [6, 6.07) is 17.8. The van der Waals surface area contributed by atoms with Crippen molar-refractivity contribution in [2.75, 3.05) is 44.2 Å². The predicted molar refractivity (Wildman–Crippen MR) is 147 cm³/mol. The summed E-state index contributed by atoms with van der Waals surface area (Å²) in [5, 5.41) is 0. The van der Waals surface area contributed by atoms with E-state index in [1.807, 2.05) is 12.3 Å². The van der Waals surface area contributed by atoms with E-state index in [0.29, 0.717) is 23.8 Å². The second-order valence-corrected chi connectivity index (χ2v) is 11.3. The number of amides is 1. The van der Waals surface area contributed by atoms with Crippen molar-refractivity contribution in [2.45, 2.75) is 70.3 Å². The van der Waals surface area contributed by atoms with Crippen LogP contribution in [-0.4, -0.2) is 66.0 Å². The average Bonchev–Trinajstić information content (AvgIpc) is 3.37. The van der Waals surface area contributed by atoms with Crippen LogP contribution in [0.5, 0.6) is 0 Å². The number of aromatic nitrogens is 1. The van der Waals surface area contributed by atoms with Crippen molar-refractivity contribution in [3.63, 3.8) is 0 Å². The van der Waals surface area contributed by atoms with Crippen LogP contribution in [0.4, 0.5) is 5.82 Å². The third-order valence-corrected chi connectivity index (χ3v) is 8.83. The Balaban J connectivity index is 1.23. The molecule has 2 atom stereocenters. The van der Waals surface area contributed by atoms with E-state index in [2.05, 4.69) is 69.1 Å². The fourth-order valence-electron chi connectivity index (χ4n) is 6.92. The van der Waals surface area contributed by atoms with Gasteiger partial charge in [-0.05, 0) is 55.7 Å². The van der Waals surface area contributed by atoms with Gasteiger partial charge in [-0.15, -0.1) is 0 Å². The SMILES string of the molecule is CCCN(c1ccccn1)C1CCN(C[C@H]2CN(C(=O)C3CCCCC3)C[C@@H]2c2ccccc2)CC1. The Morgan fingerprint density at radius 3 is 2.39 bits per heavy atom. The molecule has 5 rings (SSSR count). The quantitative estimate of drug-likeness (QED) is 0.486. The molecule has 1 aromatic carbocycles. The van der Waals surface area contributed by atoms with Gasteiger partial charge < -0.3 is 14.7 Å². The molecular formula is C31H44N4O. The van der Waals surface area contributed by atoms with Crippen LogP contribution in [0.3, 0.4) is 0 Å². The highest BCUT2D eigenvalue weighted by Gasteiger charge is 2.39. The average molecular weight is 489 g/mol. The maximum absolute atomic E-state index is 13.4. The highest BCUT2D eigenvalue weighted by atomic mass is 16.2. The minimum atomic E-state index is 0.265. The lowest BCUT2D eigenvalue weighted by Crippen LogP contribution is -2.47. The van der Waals surface area contributed by atoms with Crippen molar-refractivity contribution < 1.29 is 4.79 Å². The first-order chi connectivity index (χ1) is 17.7. The Morgan fingerprint density at radius 1 is 0.944 bits per heavy atom. The third-order valence-electron chi connectivity index (χ3n) is 8.83. The first-order valence-electron chi connectivity index (χ1n) is 14.5. The molecule has 2 aromatic rings. The van der Waals surface area contributed by atoms with Crippen molar-refractivity contribution in [3.05, 3.63) is 60.3 Å². The molecule has 3 fully saturated rings. The Kier molecular flexibility index (Phi) is 8.58. The zero-order valence-electron chi connectivity index (χ0n) is 22.1. The van der Waals surface area contributed by atoms with Crippen molar-refractivity contribution in [1.29, 1.82) is 0 Å².